The van der Waals surface area contributed by atoms with Gasteiger partial charge in [-0.05, 0) is 6.92 Å². The van der Waals surface area contributed by atoms with Crippen molar-refractivity contribution in [1.82, 2.24) is 9.88 Å². The lowest BCUT2D eigenvalue weighted by Gasteiger charge is -2.19. The lowest BCUT2D eigenvalue weighted by molar-refractivity contribution is 0.0753. The Labute approximate surface area is 98.9 Å². The molecule has 7 nitrogen and oxygen atoms in total. The molecule has 0 spiro atoms. The van der Waals surface area contributed by atoms with E-state index in [1.54, 1.807) is 20.9 Å². The standard InChI is InChI=1S/C10H16N4O3/c1-6(9(11)13-16)4-14(3)10(15)8-7(2)12-5-17-8/h5-6,16H,4H2,1-3H3,(H2,11,13). The van der Waals surface area contributed by atoms with Crippen LogP contribution in [0.1, 0.15) is 23.2 Å². The molecule has 17 heavy (non-hydrogen) atoms. The third-order valence-electron chi connectivity index (χ3n) is 2.45. The van der Waals surface area contributed by atoms with E-state index in [0.29, 0.717) is 12.2 Å². The van der Waals surface area contributed by atoms with E-state index in [2.05, 4.69) is 10.1 Å². The molecule has 1 rings (SSSR count). The number of carbonyl (C=O) groups excluding carboxylic acids is 1. The van der Waals surface area contributed by atoms with Crippen LogP contribution in [-0.2, 0) is 0 Å². The number of nitrogens with two attached hydrogens (primary N) is 1. The van der Waals surface area contributed by atoms with E-state index in [9.17, 15) is 4.79 Å². The lowest BCUT2D eigenvalue weighted by Crippen LogP contribution is -2.36. The largest absolute Gasteiger partial charge is 0.438 e. The Kier molecular flexibility index (Phi) is 4.08. The Morgan fingerprint density at radius 1 is 1.76 bits per heavy atom. The van der Waals surface area contributed by atoms with Crippen LogP contribution in [0.15, 0.2) is 16.0 Å². The van der Waals surface area contributed by atoms with E-state index in [4.69, 9.17) is 15.4 Å². The van der Waals surface area contributed by atoms with Crippen LogP contribution in [0.5, 0.6) is 0 Å². The molecule has 0 aliphatic carbocycles. The van der Waals surface area contributed by atoms with Crippen LogP contribution in [0.2, 0.25) is 0 Å². The molecule has 0 saturated carbocycles. The molecule has 0 aliphatic heterocycles. The van der Waals surface area contributed by atoms with Crippen molar-refractivity contribution >= 4 is 11.7 Å². The molecule has 1 aromatic rings. The van der Waals surface area contributed by atoms with Crippen LogP contribution in [0.25, 0.3) is 0 Å². The first-order valence-electron chi connectivity index (χ1n) is 5.10. The highest BCUT2D eigenvalue weighted by Crippen LogP contribution is 2.09. The predicted octanol–water partition coefficient (Wildman–Crippen LogP) is 0.438. The summed E-state index contributed by atoms with van der Waals surface area (Å²) in [7, 11) is 1.62. The van der Waals surface area contributed by atoms with Crippen molar-refractivity contribution in [3.63, 3.8) is 0 Å². The van der Waals surface area contributed by atoms with Gasteiger partial charge in [0.1, 0.15) is 5.84 Å². The second-order valence-corrected chi connectivity index (χ2v) is 3.88. The monoisotopic (exact) mass is 240 g/mol. The first-order valence-corrected chi connectivity index (χ1v) is 5.10. The summed E-state index contributed by atoms with van der Waals surface area (Å²) < 4.78 is 5.00. The molecule has 1 atom stereocenters. The smallest absolute Gasteiger partial charge is 0.291 e. The van der Waals surface area contributed by atoms with Gasteiger partial charge in [-0.3, -0.25) is 4.79 Å². The Balaban J connectivity index is 2.69. The molecule has 0 bridgehead atoms. The first kappa shape index (κ1) is 13.0. The van der Waals surface area contributed by atoms with Gasteiger partial charge in [-0.25, -0.2) is 4.98 Å². The zero-order chi connectivity index (χ0) is 13.0. The third-order valence-corrected chi connectivity index (χ3v) is 2.45. The number of amides is 1. The van der Waals surface area contributed by atoms with Crippen LogP contribution in [-0.4, -0.2) is 40.4 Å². The number of hydrogen-bond donors (Lipinski definition) is 2. The number of nitrogens with zero attached hydrogens (tertiary/aromatic N) is 3. The van der Waals surface area contributed by atoms with Crippen LogP contribution in [0, 0.1) is 12.8 Å². The van der Waals surface area contributed by atoms with E-state index in [1.165, 1.54) is 11.3 Å². The van der Waals surface area contributed by atoms with Crippen molar-refractivity contribution in [2.24, 2.45) is 16.8 Å². The molecular weight excluding hydrogens is 224 g/mol. The van der Waals surface area contributed by atoms with E-state index >= 15 is 0 Å². The lowest BCUT2D eigenvalue weighted by atomic mass is 10.1. The van der Waals surface area contributed by atoms with Gasteiger partial charge in [0.05, 0.1) is 5.69 Å². The first-order chi connectivity index (χ1) is 7.97. The maximum absolute atomic E-state index is 11.9. The van der Waals surface area contributed by atoms with Gasteiger partial charge >= 0.3 is 0 Å². The number of aryl methyl sites for hydroxylation is 1. The van der Waals surface area contributed by atoms with Crippen molar-refractivity contribution in [1.29, 1.82) is 0 Å². The number of oxime groups is 1. The fraction of sp³-hybridized carbons (Fsp3) is 0.500. The minimum atomic E-state index is -0.280. The van der Waals surface area contributed by atoms with E-state index in [0.717, 1.165) is 0 Å². The van der Waals surface area contributed by atoms with Gasteiger partial charge in [0, 0.05) is 19.5 Å². The molecule has 0 saturated heterocycles. The highest BCUT2D eigenvalue weighted by Gasteiger charge is 2.21. The Morgan fingerprint density at radius 3 is 2.88 bits per heavy atom. The number of oxazole rings is 1. The summed E-state index contributed by atoms with van der Waals surface area (Å²) in [4.78, 5) is 17.2. The average molecular weight is 240 g/mol. The van der Waals surface area contributed by atoms with Crippen molar-refractivity contribution in [2.45, 2.75) is 13.8 Å². The summed E-state index contributed by atoms with van der Waals surface area (Å²) in [6.07, 6.45) is 1.23. The molecule has 3 N–H and O–H groups in total. The fourth-order valence-corrected chi connectivity index (χ4v) is 1.37. The molecule has 0 fully saturated rings. The molecule has 0 aromatic carbocycles. The van der Waals surface area contributed by atoms with Gasteiger partial charge in [0.15, 0.2) is 6.39 Å². The summed E-state index contributed by atoms with van der Waals surface area (Å²) in [5.74, 6) is -0.229. The molecule has 1 amide bonds. The number of hydrogen-bond acceptors (Lipinski definition) is 5. The summed E-state index contributed by atoms with van der Waals surface area (Å²) in [6, 6.07) is 0. The second kappa shape index (κ2) is 5.33. The minimum Gasteiger partial charge on any atom is -0.438 e. The Hall–Kier alpha value is -2.05. The minimum absolute atomic E-state index is 0.0824. The molecule has 1 unspecified atom stereocenters. The van der Waals surface area contributed by atoms with Gasteiger partial charge in [-0.15, -0.1) is 0 Å². The van der Waals surface area contributed by atoms with Gasteiger partial charge in [-0.1, -0.05) is 12.1 Å². The number of amidine groups is 1. The van der Waals surface area contributed by atoms with E-state index < -0.39 is 0 Å². The van der Waals surface area contributed by atoms with E-state index in [-0.39, 0.29) is 23.4 Å². The number of rotatable bonds is 4. The van der Waals surface area contributed by atoms with Gasteiger partial charge in [0.2, 0.25) is 5.76 Å². The van der Waals surface area contributed by atoms with E-state index in [1.807, 2.05) is 0 Å². The maximum atomic E-state index is 11.9. The SMILES string of the molecule is Cc1ncoc1C(=O)N(C)CC(C)C(N)=NO. The molecule has 94 valence electrons. The van der Waals surface area contributed by atoms with Crippen LogP contribution < -0.4 is 5.73 Å². The highest BCUT2D eigenvalue weighted by molar-refractivity contribution is 5.92. The Bertz CT molecular complexity index is 427. The summed E-state index contributed by atoms with van der Waals surface area (Å²) >= 11 is 0. The van der Waals surface area contributed by atoms with Gasteiger partial charge in [0.25, 0.3) is 5.91 Å². The van der Waals surface area contributed by atoms with Crippen molar-refractivity contribution < 1.29 is 14.4 Å². The molecule has 0 aliphatic rings. The normalized spacial score (nSPS) is 13.5. The average Bonchev–Trinajstić information content (AvgIpc) is 2.73. The van der Waals surface area contributed by atoms with Crippen LogP contribution in [0.3, 0.4) is 0 Å². The topological polar surface area (TPSA) is 105 Å². The number of carbonyl (C=O) groups is 1. The molecule has 1 aromatic heterocycles. The van der Waals surface area contributed by atoms with Crippen molar-refractivity contribution in [3.8, 4) is 0 Å². The third kappa shape index (κ3) is 2.96. The number of aromatic nitrogens is 1. The quantitative estimate of drug-likeness (QED) is 0.344. The summed E-state index contributed by atoms with van der Waals surface area (Å²) in [5, 5.41) is 11.4. The molecule has 7 heteroatoms. The molecule has 1 heterocycles. The Morgan fingerprint density at radius 2 is 2.41 bits per heavy atom. The second-order valence-electron chi connectivity index (χ2n) is 3.88. The fourth-order valence-electron chi connectivity index (χ4n) is 1.37. The van der Waals surface area contributed by atoms with Crippen LogP contribution in [0.4, 0.5) is 0 Å². The zero-order valence-electron chi connectivity index (χ0n) is 10.0. The van der Waals surface area contributed by atoms with Crippen molar-refractivity contribution in [2.75, 3.05) is 13.6 Å². The zero-order valence-corrected chi connectivity index (χ0v) is 10.0. The molecular formula is C10H16N4O3. The predicted molar refractivity (Wildman–Crippen MR) is 60.8 cm³/mol. The highest BCUT2D eigenvalue weighted by atomic mass is 16.4. The molecule has 0 radical (unpaired) electrons. The maximum Gasteiger partial charge on any atom is 0.291 e. The van der Waals surface area contributed by atoms with Crippen molar-refractivity contribution in [3.05, 3.63) is 17.8 Å². The van der Waals surface area contributed by atoms with Crippen LogP contribution >= 0.6 is 0 Å². The van der Waals surface area contributed by atoms with Gasteiger partial charge in [-0.2, -0.15) is 0 Å². The summed E-state index contributed by atoms with van der Waals surface area (Å²) in [5.41, 5.74) is 5.98. The van der Waals surface area contributed by atoms with Gasteiger partial charge < -0.3 is 20.3 Å². The summed E-state index contributed by atoms with van der Waals surface area (Å²) in [6.45, 7) is 3.78.